The molecule has 2 atom stereocenters. The average molecular weight is 391 g/mol. The van der Waals surface area contributed by atoms with Crippen LogP contribution >= 0.6 is 11.8 Å². The highest BCUT2D eigenvalue weighted by atomic mass is 32.2. The summed E-state index contributed by atoms with van der Waals surface area (Å²) >= 11 is 1.27. The number of likely N-dealkylation sites (tertiary alicyclic amines) is 1. The molecule has 0 aliphatic carbocycles. The summed E-state index contributed by atoms with van der Waals surface area (Å²) in [5, 5.41) is 8.34. The normalized spacial score (nSPS) is 19.7. The minimum Gasteiger partial charge on any atom is -0.497 e. The number of carbonyl (C=O) groups is 1. The van der Waals surface area contributed by atoms with Crippen molar-refractivity contribution >= 4 is 17.7 Å². The molecule has 1 amide bonds. The van der Waals surface area contributed by atoms with Crippen LogP contribution in [0.5, 0.6) is 11.5 Å². The molecule has 1 aromatic heterocycles. The van der Waals surface area contributed by atoms with Crippen molar-refractivity contribution in [1.29, 1.82) is 0 Å². The van der Waals surface area contributed by atoms with Crippen LogP contribution in [0.15, 0.2) is 33.9 Å². The molecule has 1 fully saturated rings. The quantitative estimate of drug-likeness (QED) is 0.668. The molecule has 0 N–H and O–H groups in total. The summed E-state index contributed by atoms with van der Waals surface area (Å²) in [6.45, 7) is 4.38. The molecular formula is C19H25N3O4S. The van der Waals surface area contributed by atoms with E-state index in [4.69, 9.17) is 13.9 Å². The van der Waals surface area contributed by atoms with Crippen molar-refractivity contribution in [3.8, 4) is 11.5 Å². The van der Waals surface area contributed by atoms with Crippen LogP contribution in [-0.4, -0.2) is 46.0 Å². The SMILES string of the molecule is COc1cccc(OCc2nnc(SCC(=O)N3[C@H](C)CCC[C@@H]3C)o2)c1. The van der Waals surface area contributed by atoms with Gasteiger partial charge in [-0.05, 0) is 45.2 Å². The Kier molecular flexibility index (Phi) is 6.60. The third-order valence-corrected chi connectivity index (χ3v) is 5.46. The van der Waals surface area contributed by atoms with Gasteiger partial charge in [0.2, 0.25) is 5.91 Å². The molecule has 27 heavy (non-hydrogen) atoms. The fraction of sp³-hybridized carbons (Fsp3) is 0.526. The van der Waals surface area contributed by atoms with Gasteiger partial charge in [0.15, 0.2) is 6.61 Å². The summed E-state index contributed by atoms with van der Waals surface area (Å²) in [6, 6.07) is 7.87. The minimum absolute atomic E-state index is 0.118. The molecule has 1 aliphatic heterocycles. The van der Waals surface area contributed by atoms with Crippen molar-refractivity contribution < 1.29 is 18.7 Å². The summed E-state index contributed by atoms with van der Waals surface area (Å²) in [6.07, 6.45) is 3.31. The first-order valence-corrected chi connectivity index (χ1v) is 10.1. The van der Waals surface area contributed by atoms with Gasteiger partial charge in [0.1, 0.15) is 11.5 Å². The van der Waals surface area contributed by atoms with Crippen molar-refractivity contribution in [2.75, 3.05) is 12.9 Å². The number of methoxy groups -OCH3 is 1. The molecule has 146 valence electrons. The second-order valence-electron chi connectivity index (χ2n) is 6.65. The van der Waals surface area contributed by atoms with E-state index in [0.29, 0.717) is 28.4 Å². The Morgan fingerprint density at radius 2 is 2.00 bits per heavy atom. The molecule has 2 aromatic rings. The Labute approximate surface area is 163 Å². The van der Waals surface area contributed by atoms with Gasteiger partial charge >= 0.3 is 0 Å². The van der Waals surface area contributed by atoms with E-state index >= 15 is 0 Å². The lowest BCUT2D eigenvalue weighted by Crippen LogP contribution is -2.48. The summed E-state index contributed by atoms with van der Waals surface area (Å²) in [4.78, 5) is 14.5. The zero-order valence-electron chi connectivity index (χ0n) is 15.9. The molecule has 1 aromatic carbocycles. The van der Waals surface area contributed by atoms with Crippen LogP contribution in [0.4, 0.5) is 0 Å². The maximum Gasteiger partial charge on any atom is 0.277 e. The highest BCUT2D eigenvalue weighted by Crippen LogP contribution is 2.25. The molecule has 7 nitrogen and oxygen atoms in total. The smallest absolute Gasteiger partial charge is 0.277 e. The summed E-state index contributed by atoms with van der Waals surface area (Å²) < 4.78 is 16.4. The van der Waals surface area contributed by atoms with Crippen molar-refractivity contribution in [1.82, 2.24) is 15.1 Å². The van der Waals surface area contributed by atoms with Crippen molar-refractivity contribution in [3.05, 3.63) is 30.2 Å². The van der Waals surface area contributed by atoms with Gasteiger partial charge in [-0.25, -0.2) is 0 Å². The van der Waals surface area contributed by atoms with E-state index in [9.17, 15) is 4.79 Å². The minimum atomic E-state index is 0.118. The number of amides is 1. The van der Waals surface area contributed by atoms with E-state index in [-0.39, 0.29) is 24.6 Å². The number of hydrogen-bond acceptors (Lipinski definition) is 7. The lowest BCUT2D eigenvalue weighted by atomic mass is 9.98. The van der Waals surface area contributed by atoms with Crippen LogP contribution in [0.1, 0.15) is 39.0 Å². The maximum absolute atomic E-state index is 12.5. The van der Waals surface area contributed by atoms with Crippen LogP contribution in [0.25, 0.3) is 0 Å². The van der Waals surface area contributed by atoms with E-state index in [2.05, 4.69) is 24.0 Å². The van der Waals surface area contributed by atoms with Crippen molar-refractivity contribution in [2.24, 2.45) is 0 Å². The molecule has 0 bridgehead atoms. The molecule has 2 heterocycles. The Balaban J connectivity index is 1.49. The molecule has 8 heteroatoms. The van der Waals surface area contributed by atoms with Crippen LogP contribution in [0.3, 0.4) is 0 Å². The Bertz CT molecular complexity index is 757. The van der Waals surface area contributed by atoms with Crippen LogP contribution in [-0.2, 0) is 11.4 Å². The number of benzene rings is 1. The lowest BCUT2D eigenvalue weighted by molar-refractivity contribution is -0.134. The molecule has 3 rings (SSSR count). The summed E-state index contributed by atoms with van der Waals surface area (Å²) in [7, 11) is 1.60. The summed E-state index contributed by atoms with van der Waals surface area (Å²) in [5.41, 5.74) is 0. The fourth-order valence-corrected chi connectivity index (χ4v) is 3.95. The van der Waals surface area contributed by atoms with Gasteiger partial charge in [0.05, 0.1) is 12.9 Å². The monoisotopic (exact) mass is 391 g/mol. The number of nitrogens with zero attached hydrogens (tertiary/aromatic N) is 3. The largest absolute Gasteiger partial charge is 0.497 e. The number of carbonyl (C=O) groups excluding carboxylic acids is 1. The molecule has 1 aliphatic rings. The van der Waals surface area contributed by atoms with Gasteiger partial charge in [0.25, 0.3) is 11.1 Å². The number of aromatic nitrogens is 2. The first-order valence-electron chi connectivity index (χ1n) is 9.10. The third-order valence-electron chi connectivity index (χ3n) is 4.65. The maximum atomic E-state index is 12.5. The van der Waals surface area contributed by atoms with E-state index in [1.807, 2.05) is 23.1 Å². The Morgan fingerprint density at radius 3 is 2.74 bits per heavy atom. The first-order chi connectivity index (χ1) is 13.1. The molecule has 0 saturated carbocycles. The number of thioether (sulfide) groups is 1. The summed E-state index contributed by atoms with van der Waals surface area (Å²) in [5.74, 6) is 2.16. The lowest BCUT2D eigenvalue weighted by Gasteiger charge is -2.39. The zero-order chi connectivity index (χ0) is 19.2. The standard InChI is InChI=1S/C19H25N3O4S/c1-13-6-4-7-14(2)22(13)18(23)12-27-19-21-20-17(26-19)11-25-16-9-5-8-15(10-16)24-3/h5,8-10,13-14H,4,6-7,11-12H2,1-3H3/t13-,14+. The molecular weight excluding hydrogens is 366 g/mol. The zero-order valence-corrected chi connectivity index (χ0v) is 16.7. The van der Waals surface area contributed by atoms with Gasteiger partial charge < -0.3 is 18.8 Å². The molecule has 0 radical (unpaired) electrons. The first kappa shape index (κ1) is 19.5. The second-order valence-corrected chi connectivity index (χ2v) is 7.57. The number of ether oxygens (including phenoxy) is 2. The van der Waals surface area contributed by atoms with Crippen LogP contribution in [0, 0.1) is 0 Å². The Hall–Kier alpha value is -2.22. The van der Waals surface area contributed by atoms with Crippen molar-refractivity contribution in [3.63, 3.8) is 0 Å². The van der Waals surface area contributed by atoms with Crippen LogP contribution in [0.2, 0.25) is 0 Å². The number of piperidine rings is 1. The predicted molar refractivity (Wildman–Crippen MR) is 102 cm³/mol. The van der Waals surface area contributed by atoms with Gasteiger partial charge in [-0.3, -0.25) is 4.79 Å². The number of hydrogen-bond donors (Lipinski definition) is 0. The topological polar surface area (TPSA) is 77.7 Å². The van der Waals surface area contributed by atoms with Gasteiger partial charge in [0, 0.05) is 18.2 Å². The predicted octanol–water partition coefficient (Wildman–Crippen LogP) is 3.54. The number of rotatable bonds is 7. The van der Waals surface area contributed by atoms with E-state index < -0.39 is 0 Å². The molecule has 0 unspecified atom stereocenters. The van der Waals surface area contributed by atoms with Gasteiger partial charge in [-0.15, -0.1) is 10.2 Å². The van der Waals surface area contributed by atoms with Crippen molar-refractivity contribution in [2.45, 2.75) is 57.0 Å². The van der Waals surface area contributed by atoms with E-state index in [1.165, 1.54) is 18.2 Å². The van der Waals surface area contributed by atoms with E-state index in [1.54, 1.807) is 13.2 Å². The van der Waals surface area contributed by atoms with Gasteiger partial charge in [-0.1, -0.05) is 17.8 Å². The molecule has 1 saturated heterocycles. The van der Waals surface area contributed by atoms with Crippen LogP contribution < -0.4 is 9.47 Å². The molecule has 0 spiro atoms. The fourth-order valence-electron chi connectivity index (χ4n) is 3.30. The second kappa shape index (κ2) is 9.12. The third kappa shape index (κ3) is 5.15. The highest BCUT2D eigenvalue weighted by Gasteiger charge is 2.29. The average Bonchev–Trinajstić information content (AvgIpc) is 3.13. The Morgan fingerprint density at radius 1 is 1.26 bits per heavy atom. The highest BCUT2D eigenvalue weighted by molar-refractivity contribution is 7.99. The van der Waals surface area contributed by atoms with E-state index in [0.717, 1.165) is 12.8 Å². The van der Waals surface area contributed by atoms with Gasteiger partial charge in [-0.2, -0.15) is 0 Å².